The molecule has 0 aromatic heterocycles. The Kier molecular flexibility index (Phi) is 7.53. The van der Waals surface area contributed by atoms with E-state index < -0.39 is 31.9 Å². The van der Waals surface area contributed by atoms with Crippen LogP contribution in [0.15, 0.2) is 48.5 Å². The van der Waals surface area contributed by atoms with Gasteiger partial charge in [0.15, 0.2) is 5.75 Å². The van der Waals surface area contributed by atoms with Crippen molar-refractivity contribution in [3.8, 4) is 11.5 Å². The molecule has 0 heterocycles. The van der Waals surface area contributed by atoms with E-state index in [2.05, 4.69) is 14.8 Å². The molecule has 0 radical (unpaired) electrons. The number of ether oxygens (including phenoxy) is 1. The first-order valence-corrected chi connectivity index (χ1v) is 13.4. The van der Waals surface area contributed by atoms with E-state index in [1.807, 2.05) is 0 Å². The molecule has 5 N–H and O–H groups in total. The number of nitrogens with two attached hydrogens (primary N) is 1. The lowest BCUT2D eigenvalue weighted by molar-refractivity contribution is 0.476. The van der Waals surface area contributed by atoms with Crippen LogP contribution in [-0.2, 0) is 20.2 Å². The van der Waals surface area contributed by atoms with Crippen molar-refractivity contribution < 1.29 is 30.4 Å². The van der Waals surface area contributed by atoms with Crippen molar-refractivity contribution >= 4 is 43.0 Å². The normalized spacial score (nSPS) is 11.7. The molecule has 35 heavy (non-hydrogen) atoms. The topological polar surface area (TPSA) is 140 Å². The van der Waals surface area contributed by atoms with E-state index in [4.69, 9.17) is 9.88 Å². The number of hydrogen-bond acceptors (Lipinski definition) is 6. The van der Waals surface area contributed by atoms with Gasteiger partial charge >= 0.3 is 0 Å². The number of rotatable bonds is 9. The standard InChI is InChI=1S/C22H24F2N4O5S2/c1-4-34(29,30)27-17-6-5-7-20(14(17)3)33-21-12-15(23)11-19(22(21)28-35(25,31)32)26-18-9-8-13(2)10-16(18)24/h5-12,26-28H,4H2,1-3H3,(H2,25,31,32). The second kappa shape index (κ2) is 10.1. The monoisotopic (exact) mass is 526 g/mol. The number of anilines is 4. The predicted molar refractivity (Wildman–Crippen MR) is 132 cm³/mol. The van der Waals surface area contributed by atoms with Crippen molar-refractivity contribution in [2.24, 2.45) is 5.14 Å². The van der Waals surface area contributed by atoms with Gasteiger partial charge in [0.1, 0.15) is 23.1 Å². The zero-order valence-corrected chi connectivity index (χ0v) is 20.6. The molecular weight excluding hydrogens is 502 g/mol. The number of benzene rings is 3. The van der Waals surface area contributed by atoms with Gasteiger partial charge in [-0.3, -0.25) is 9.44 Å². The fraction of sp³-hybridized carbons (Fsp3) is 0.182. The van der Waals surface area contributed by atoms with Crippen molar-refractivity contribution in [3.05, 3.63) is 71.3 Å². The van der Waals surface area contributed by atoms with Crippen LogP contribution < -0.4 is 24.6 Å². The van der Waals surface area contributed by atoms with Gasteiger partial charge in [0, 0.05) is 11.6 Å². The molecule has 13 heteroatoms. The molecule has 9 nitrogen and oxygen atoms in total. The molecule has 0 spiro atoms. The van der Waals surface area contributed by atoms with Crippen molar-refractivity contribution in [3.63, 3.8) is 0 Å². The van der Waals surface area contributed by atoms with Crippen LogP contribution in [0.25, 0.3) is 0 Å². The molecule has 0 atom stereocenters. The molecule has 0 aliphatic carbocycles. The third-order valence-corrected chi connectivity index (χ3v) is 6.63. The van der Waals surface area contributed by atoms with Crippen LogP contribution in [0.2, 0.25) is 0 Å². The summed E-state index contributed by atoms with van der Waals surface area (Å²) in [4.78, 5) is 0. The van der Waals surface area contributed by atoms with Gasteiger partial charge in [0.25, 0.3) is 10.2 Å². The molecule has 3 aromatic rings. The summed E-state index contributed by atoms with van der Waals surface area (Å²) in [6.07, 6.45) is 0. The first-order chi connectivity index (χ1) is 16.3. The Labute approximate surface area is 202 Å². The quantitative estimate of drug-likeness (QED) is 0.324. The number of sulfonamides is 1. The Balaban J connectivity index is 2.10. The summed E-state index contributed by atoms with van der Waals surface area (Å²) < 4.78 is 86.9. The Morgan fingerprint density at radius 3 is 2.23 bits per heavy atom. The number of nitrogens with one attached hydrogen (secondary N) is 3. The summed E-state index contributed by atoms with van der Waals surface area (Å²) in [7, 11) is -7.95. The Bertz CT molecular complexity index is 1480. The first-order valence-electron chi connectivity index (χ1n) is 10.2. The highest BCUT2D eigenvalue weighted by Crippen LogP contribution is 2.40. The Hall–Kier alpha value is -3.42. The molecule has 0 aliphatic rings. The fourth-order valence-electron chi connectivity index (χ4n) is 3.07. The Morgan fingerprint density at radius 1 is 0.886 bits per heavy atom. The molecule has 3 aromatic carbocycles. The van der Waals surface area contributed by atoms with Crippen LogP contribution in [-0.4, -0.2) is 22.6 Å². The maximum absolute atomic E-state index is 14.5. The van der Waals surface area contributed by atoms with Crippen molar-refractivity contribution in [2.45, 2.75) is 20.8 Å². The van der Waals surface area contributed by atoms with Gasteiger partial charge in [-0.25, -0.2) is 22.3 Å². The molecule has 0 unspecified atom stereocenters. The molecule has 0 bridgehead atoms. The highest BCUT2D eigenvalue weighted by molar-refractivity contribution is 7.92. The SMILES string of the molecule is CCS(=O)(=O)Nc1cccc(Oc2cc(F)cc(Nc3ccc(C)cc3F)c2NS(N)(=O)=O)c1C. The summed E-state index contributed by atoms with van der Waals surface area (Å²) in [5.41, 5.74) is 0.728. The number of aryl methyl sites for hydroxylation is 1. The average Bonchev–Trinajstić information content (AvgIpc) is 2.74. The van der Waals surface area contributed by atoms with Crippen LogP contribution in [0, 0.1) is 25.5 Å². The minimum absolute atomic E-state index is 0.0447. The van der Waals surface area contributed by atoms with Gasteiger partial charge < -0.3 is 10.1 Å². The van der Waals surface area contributed by atoms with Gasteiger partial charge in [0.05, 0.1) is 22.8 Å². The molecular formula is C22H24F2N4O5S2. The predicted octanol–water partition coefficient (Wildman–Crippen LogP) is 4.49. The van der Waals surface area contributed by atoms with Gasteiger partial charge in [-0.05, 0) is 56.7 Å². The highest BCUT2D eigenvalue weighted by atomic mass is 32.2. The van der Waals surface area contributed by atoms with E-state index in [0.29, 0.717) is 11.1 Å². The van der Waals surface area contributed by atoms with E-state index in [1.54, 1.807) is 19.9 Å². The van der Waals surface area contributed by atoms with Crippen LogP contribution >= 0.6 is 0 Å². The lowest BCUT2D eigenvalue weighted by Crippen LogP contribution is -2.22. The summed E-state index contributed by atoms with van der Waals surface area (Å²) in [6, 6.07) is 10.6. The van der Waals surface area contributed by atoms with E-state index in [1.165, 1.54) is 37.3 Å². The van der Waals surface area contributed by atoms with Gasteiger partial charge in [0.2, 0.25) is 10.0 Å². The van der Waals surface area contributed by atoms with E-state index >= 15 is 0 Å². The highest BCUT2D eigenvalue weighted by Gasteiger charge is 2.20. The van der Waals surface area contributed by atoms with Gasteiger partial charge in [-0.1, -0.05) is 12.1 Å². The van der Waals surface area contributed by atoms with Gasteiger partial charge in [-0.2, -0.15) is 8.42 Å². The maximum atomic E-state index is 14.5. The maximum Gasteiger partial charge on any atom is 0.296 e. The molecule has 0 aliphatic heterocycles. The van der Waals surface area contributed by atoms with E-state index in [-0.39, 0.29) is 40.0 Å². The zero-order chi connectivity index (χ0) is 26.0. The van der Waals surface area contributed by atoms with Crippen molar-refractivity contribution in [1.82, 2.24) is 0 Å². The van der Waals surface area contributed by atoms with Crippen molar-refractivity contribution in [2.75, 3.05) is 20.5 Å². The Morgan fingerprint density at radius 2 is 1.60 bits per heavy atom. The van der Waals surface area contributed by atoms with Gasteiger partial charge in [-0.15, -0.1) is 0 Å². The fourth-order valence-corrected chi connectivity index (χ4v) is 4.26. The summed E-state index contributed by atoms with van der Waals surface area (Å²) in [5.74, 6) is -1.82. The summed E-state index contributed by atoms with van der Waals surface area (Å²) in [5, 5.41) is 7.80. The smallest absolute Gasteiger partial charge is 0.296 e. The van der Waals surface area contributed by atoms with E-state index in [9.17, 15) is 25.6 Å². The third kappa shape index (κ3) is 6.81. The molecule has 0 saturated heterocycles. The minimum atomic E-state index is -4.36. The molecule has 0 fully saturated rings. The molecule has 188 valence electrons. The number of halogens is 2. The third-order valence-electron chi connectivity index (χ3n) is 4.85. The van der Waals surface area contributed by atoms with Crippen LogP contribution in [0.4, 0.5) is 31.5 Å². The molecule has 0 amide bonds. The second-order valence-electron chi connectivity index (χ2n) is 7.62. The summed E-state index contributed by atoms with van der Waals surface area (Å²) in [6.45, 7) is 4.73. The number of hydrogen-bond donors (Lipinski definition) is 4. The average molecular weight is 527 g/mol. The largest absolute Gasteiger partial charge is 0.455 e. The van der Waals surface area contributed by atoms with E-state index in [0.717, 1.165) is 12.1 Å². The minimum Gasteiger partial charge on any atom is -0.455 e. The first kappa shape index (κ1) is 26.2. The van der Waals surface area contributed by atoms with Crippen LogP contribution in [0.5, 0.6) is 11.5 Å². The van der Waals surface area contributed by atoms with Crippen LogP contribution in [0.3, 0.4) is 0 Å². The zero-order valence-electron chi connectivity index (χ0n) is 19.0. The lowest BCUT2D eigenvalue weighted by Gasteiger charge is -2.19. The molecule has 3 rings (SSSR count). The lowest BCUT2D eigenvalue weighted by atomic mass is 10.1. The summed E-state index contributed by atoms with van der Waals surface area (Å²) >= 11 is 0. The van der Waals surface area contributed by atoms with Crippen molar-refractivity contribution in [1.29, 1.82) is 0 Å². The second-order valence-corrected chi connectivity index (χ2v) is 10.9. The molecule has 0 saturated carbocycles. The van der Waals surface area contributed by atoms with Crippen LogP contribution in [0.1, 0.15) is 18.1 Å².